The standard InChI is InChI=1S/C13H17N3O2/c1-8(9-5-6-17-7-9)15-13-16-12-10(14)3-2-4-11(12)18-13/h2-4,8-9H,5-7,14H2,1H3,(H,15,16). The average molecular weight is 247 g/mol. The van der Waals surface area contributed by atoms with Crippen LogP contribution in [0.2, 0.25) is 0 Å². The van der Waals surface area contributed by atoms with Crippen LogP contribution in [0.3, 0.4) is 0 Å². The second-order valence-corrected chi connectivity index (χ2v) is 4.77. The Kier molecular flexibility index (Phi) is 2.83. The molecule has 0 spiro atoms. The summed E-state index contributed by atoms with van der Waals surface area (Å²) in [6.45, 7) is 3.77. The molecule has 1 saturated heterocycles. The van der Waals surface area contributed by atoms with Crippen LogP contribution in [0.25, 0.3) is 11.1 Å². The van der Waals surface area contributed by atoms with E-state index in [1.165, 1.54) is 0 Å². The first-order chi connectivity index (χ1) is 8.74. The van der Waals surface area contributed by atoms with Gasteiger partial charge in [-0.1, -0.05) is 6.07 Å². The lowest BCUT2D eigenvalue weighted by Crippen LogP contribution is -2.26. The fraction of sp³-hybridized carbons (Fsp3) is 0.462. The molecule has 0 aliphatic carbocycles. The number of oxazole rings is 1. The number of hydrogen-bond donors (Lipinski definition) is 2. The van der Waals surface area contributed by atoms with E-state index in [9.17, 15) is 0 Å². The number of nitrogens with two attached hydrogens (primary N) is 1. The molecular formula is C13H17N3O2. The number of aromatic nitrogens is 1. The number of ether oxygens (including phenoxy) is 1. The third-order valence-corrected chi connectivity index (χ3v) is 3.47. The zero-order valence-corrected chi connectivity index (χ0v) is 10.3. The van der Waals surface area contributed by atoms with Gasteiger partial charge in [-0.2, -0.15) is 4.98 Å². The number of para-hydroxylation sites is 1. The number of hydrogen-bond acceptors (Lipinski definition) is 5. The van der Waals surface area contributed by atoms with E-state index >= 15 is 0 Å². The van der Waals surface area contributed by atoms with Crippen LogP contribution in [0, 0.1) is 5.92 Å². The molecule has 3 rings (SSSR count). The zero-order valence-electron chi connectivity index (χ0n) is 10.3. The average Bonchev–Trinajstić information content (AvgIpc) is 2.97. The molecule has 0 radical (unpaired) electrons. The van der Waals surface area contributed by atoms with Crippen LogP contribution in [0.15, 0.2) is 22.6 Å². The van der Waals surface area contributed by atoms with Crippen LogP contribution in [0.1, 0.15) is 13.3 Å². The Morgan fingerprint density at radius 1 is 1.50 bits per heavy atom. The molecule has 0 bridgehead atoms. The van der Waals surface area contributed by atoms with E-state index in [-0.39, 0.29) is 6.04 Å². The normalized spacial score (nSPS) is 21.3. The first-order valence-electron chi connectivity index (χ1n) is 6.23. The Balaban J connectivity index is 1.80. The van der Waals surface area contributed by atoms with E-state index in [4.69, 9.17) is 14.9 Å². The molecule has 1 aromatic carbocycles. The van der Waals surface area contributed by atoms with E-state index < -0.39 is 0 Å². The van der Waals surface area contributed by atoms with Crippen LogP contribution in [0.4, 0.5) is 11.7 Å². The number of nitrogens with one attached hydrogen (secondary N) is 1. The molecule has 96 valence electrons. The van der Waals surface area contributed by atoms with Crippen LogP contribution in [-0.2, 0) is 4.74 Å². The minimum Gasteiger partial charge on any atom is -0.423 e. The van der Waals surface area contributed by atoms with Crippen molar-refractivity contribution in [2.24, 2.45) is 5.92 Å². The molecule has 2 atom stereocenters. The Morgan fingerprint density at radius 3 is 3.11 bits per heavy atom. The van der Waals surface area contributed by atoms with Gasteiger partial charge in [-0.25, -0.2) is 0 Å². The molecule has 2 unspecified atom stereocenters. The summed E-state index contributed by atoms with van der Waals surface area (Å²) in [6.07, 6.45) is 1.08. The molecule has 0 saturated carbocycles. The maximum Gasteiger partial charge on any atom is 0.295 e. The predicted molar refractivity (Wildman–Crippen MR) is 70.4 cm³/mol. The van der Waals surface area contributed by atoms with Gasteiger partial charge >= 0.3 is 0 Å². The molecule has 5 nitrogen and oxygen atoms in total. The minimum absolute atomic E-state index is 0.279. The Labute approximate surface area is 105 Å². The lowest BCUT2D eigenvalue weighted by atomic mass is 10.0. The van der Waals surface area contributed by atoms with Gasteiger partial charge < -0.3 is 20.2 Å². The van der Waals surface area contributed by atoms with E-state index in [2.05, 4.69) is 17.2 Å². The van der Waals surface area contributed by atoms with Crippen molar-refractivity contribution in [3.05, 3.63) is 18.2 Å². The monoisotopic (exact) mass is 247 g/mol. The Morgan fingerprint density at radius 2 is 2.39 bits per heavy atom. The maximum atomic E-state index is 5.85. The number of anilines is 2. The summed E-state index contributed by atoms with van der Waals surface area (Å²) in [5, 5.41) is 3.29. The summed E-state index contributed by atoms with van der Waals surface area (Å²) in [5.74, 6) is 0.511. The van der Waals surface area contributed by atoms with Crippen molar-refractivity contribution >= 4 is 22.8 Å². The van der Waals surface area contributed by atoms with Crippen LogP contribution in [-0.4, -0.2) is 24.2 Å². The van der Waals surface area contributed by atoms with Gasteiger partial charge in [0.25, 0.3) is 6.01 Å². The number of rotatable bonds is 3. The lowest BCUT2D eigenvalue weighted by Gasteiger charge is -2.17. The van der Waals surface area contributed by atoms with Crippen LogP contribution in [0.5, 0.6) is 0 Å². The van der Waals surface area contributed by atoms with Gasteiger partial charge in [0.05, 0.1) is 12.3 Å². The number of nitrogen functional groups attached to an aromatic ring is 1. The van der Waals surface area contributed by atoms with Crippen molar-refractivity contribution in [1.29, 1.82) is 0 Å². The predicted octanol–water partition coefficient (Wildman–Crippen LogP) is 2.25. The Hall–Kier alpha value is -1.75. The summed E-state index contributed by atoms with van der Waals surface area (Å²) in [7, 11) is 0. The van der Waals surface area contributed by atoms with Gasteiger partial charge in [-0.05, 0) is 25.5 Å². The van der Waals surface area contributed by atoms with E-state index in [0.717, 1.165) is 25.2 Å². The number of fused-ring (bicyclic) bond motifs is 1. The van der Waals surface area contributed by atoms with E-state index in [1.807, 2.05) is 18.2 Å². The molecule has 2 heterocycles. The lowest BCUT2D eigenvalue weighted by molar-refractivity contribution is 0.183. The van der Waals surface area contributed by atoms with Crippen LogP contribution < -0.4 is 11.1 Å². The topological polar surface area (TPSA) is 73.3 Å². The van der Waals surface area contributed by atoms with Gasteiger partial charge in [0.15, 0.2) is 5.58 Å². The fourth-order valence-electron chi connectivity index (χ4n) is 2.29. The molecule has 1 aliphatic rings. The summed E-state index contributed by atoms with van der Waals surface area (Å²) >= 11 is 0. The molecular weight excluding hydrogens is 230 g/mol. The van der Waals surface area contributed by atoms with Crippen molar-refractivity contribution in [3.8, 4) is 0 Å². The van der Waals surface area contributed by atoms with Gasteiger partial charge in [0, 0.05) is 18.6 Å². The molecule has 2 aromatic rings. The maximum absolute atomic E-state index is 5.85. The molecule has 1 aromatic heterocycles. The molecule has 18 heavy (non-hydrogen) atoms. The second-order valence-electron chi connectivity index (χ2n) is 4.77. The summed E-state index contributed by atoms with van der Waals surface area (Å²) < 4.78 is 11.0. The molecule has 5 heteroatoms. The molecule has 1 aliphatic heterocycles. The minimum atomic E-state index is 0.279. The highest BCUT2D eigenvalue weighted by Crippen LogP contribution is 2.25. The van der Waals surface area contributed by atoms with Gasteiger partial charge in [0.1, 0.15) is 5.52 Å². The van der Waals surface area contributed by atoms with Crippen molar-refractivity contribution in [2.45, 2.75) is 19.4 Å². The van der Waals surface area contributed by atoms with Gasteiger partial charge in [-0.3, -0.25) is 0 Å². The highest BCUT2D eigenvalue weighted by molar-refractivity contribution is 5.86. The highest BCUT2D eigenvalue weighted by Gasteiger charge is 2.23. The first kappa shape index (κ1) is 11.3. The quantitative estimate of drug-likeness (QED) is 0.814. The largest absolute Gasteiger partial charge is 0.423 e. The first-order valence-corrected chi connectivity index (χ1v) is 6.23. The number of benzene rings is 1. The van der Waals surface area contributed by atoms with E-state index in [1.54, 1.807) is 0 Å². The third kappa shape index (κ3) is 2.01. The second kappa shape index (κ2) is 4.49. The molecule has 3 N–H and O–H groups in total. The summed E-state index contributed by atoms with van der Waals surface area (Å²) in [4.78, 5) is 4.38. The van der Waals surface area contributed by atoms with Gasteiger partial charge in [0.2, 0.25) is 0 Å². The van der Waals surface area contributed by atoms with Crippen molar-refractivity contribution < 1.29 is 9.15 Å². The van der Waals surface area contributed by atoms with Crippen LogP contribution >= 0.6 is 0 Å². The zero-order chi connectivity index (χ0) is 12.5. The van der Waals surface area contributed by atoms with Crippen molar-refractivity contribution in [3.63, 3.8) is 0 Å². The summed E-state index contributed by atoms with van der Waals surface area (Å²) in [6, 6.07) is 6.36. The summed E-state index contributed by atoms with van der Waals surface area (Å²) in [5.41, 5.74) is 7.92. The highest BCUT2D eigenvalue weighted by atomic mass is 16.5. The smallest absolute Gasteiger partial charge is 0.295 e. The van der Waals surface area contributed by atoms with Gasteiger partial charge in [-0.15, -0.1) is 0 Å². The SMILES string of the molecule is CC(Nc1nc2c(N)cccc2o1)C1CCOC1. The van der Waals surface area contributed by atoms with Crippen molar-refractivity contribution in [1.82, 2.24) is 4.98 Å². The molecule has 1 fully saturated rings. The Bertz CT molecular complexity index is 546. The van der Waals surface area contributed by atoms with E-state index in [0.29, 0.717) is 23.2 Å². The number of nitrogens with zero attached hydrogens (tertiary/aromatic N) is 1. The fourth-order valence-corrected chi connectivity index (χ4v) is 2.29. The molecule has 0 amide bonds. The third-order valence-electron chi connectivity index (χ3n) is 3.47. The van der Waals surface area contributed by atoms with Crippen molar-refractivity contribution in [2.75, 3.05) is 24.3 Å².